The standard InChI is InChI=1S/C16H22N4O.ClH/c1-12-10-18-5-7-20(12)14-2-3-16(13(8-14)9-17)19-6-4-15(21)11-19;/h2-3,8,12,15,18,21H,4-7,10-11H2,1H3;1H/t12-,15-;/m1./s1. The number of β-amino-alcohol motifs (C(OH)–C–C–N with tert-alkyl or cyclic N) is 1. The smallest absolute Gasteiger partial charge is 0.101 e. The van der Waals surface area contributed by atoms with Crippen molar-refractivity contribution in [3.05, 3.63) is 23.8 Å². The Morgan fingerprint density at radius 1 is 1.36 bits per heavy atom. The molecule has 3 rings (SSSR count). The van der Waals surface area contributed by atoms with Crippen molar-refractivity contribution in [1.29, 1.82) is 5.26 Å². The Hall–Kier alpha value is -1.48. The molecule has 2 N–H and O–H groups in total. The highest BCUT2D eigenvalue weighted by atomic mass is 35.5. The molecule has 0 radical (unpaired) electrons. The summed E-state index contributed by atoms with van der Waals surface area (Å²) in [7, 11) is 0. The molecular weight excluding hydrogens is 300 g/mol. The van der Waals surface area contributed by atoms with Crippen LogP contribution < -0.4 is 15.1 Å². The van der Waals surface area contributed by atoms with Gasteiger partial charge in [0, 0.05) is 44.5 Å². The number of piperazine rings is 1. The van der Waals surface area contributed by atoms with Crippen LogP contribution in [0.15, 0.2) is 18.2 Å². The summed E-state index contributed by atoms with van der Waals surface area (Å²) in [5.74, 6) is 0. The van der Waals surface area contributed by atoms with Crippen molar-refractivity contribution in [3.63, 3.8) is 0 Å². The van der Waals surface area contributed by atoms with E-state index < -0.39 is 0 Å². The first-order chi connectivity index (χ1) is 10.2. The Morgan fingerprint density at radius 3 is 2.82 bits per heavy atom. The van der Waals surface area contributed by atoms with E-state index in [9.17, 15) is 10.4 Å². The second kappa shape index (κ2) is 7.19. The molecule has 0 unspecified atom stereocenters. The van der Waals surface area contributed by atoms with Crippen LogP contribution in [0.2, 0.25) is 0 Å². The number of hydrogen-bond donors (Lipinski definition) is 2. The van der Waals surface area contributed by atoms with Crippen LogP contribution in [0.1, 0.15) is 18.9 Å². The van der Waals surface area contributed by atoms with Gasteiger partial charge in [-0.05, 0) is 31.5 Å². The summed E-state index contributed by atoms with van der Waals surface area (Å²) in [5.41, 5.74) is 2.76. The SMILES string of the molecule is C[C@@H]1CNCCN1c1ccc(N2CC[C@@H](O)C2)c(C#N)c1.Cl. The first-order valence-electron chi connectivity index (χ1n) is 7.63. The predicted octanol–water partition coefficient (Wildman–Crippen LogP) is 1.35. The van der Waals surface area contributed by atoms with Crippen molar-refractivity contribution in [2.45, 2.75) is 25.5 Å². The lowest BCUT2D eigenvalue weighted by Gasteiger charge is -2.36. The molecular formula is C16H23ClN4O. The second-order valence-electron chi connectivity index (χ2n) is 5.95. The summed E-state index contributed by atoms with van der Waals surface area (Å²) < 4.78 is 0. The van der Waals surface area contributed by atoms with Gasteiger partial charge in [-0.2, -0.15) is 5.26 Å². The normalized spacial score (nSPS) is 24.8. The van der Waals surface area contributed by atoms with Gasteiger partial charge in [0.1, 0.15) is 6.07 Å². The van der Waals surface area contributed by atoms with Crippen LogP contribution in [-0.4, -0.2) is 50.0 Å². The zero-order valence-corrected chi connectivity index (χ0v) is 13.6. The lowest BCUT2D eigenvalue weighted by molar-refractivity contribution is 0.198. The maximum absolute atomic E-state index is 9.68. The fourth-order valence-corrected chi connectivity index (χ4v) is 3.25. The summed E-state index contributed by atoms with van der Waals surface area (Å²) in [6, 6.07) is 8.87. The Balaban J connectivity index is 0.00000176. The summed E-state index contributed by atoms with van der Waals surface area (Å²) >= 11 is 0. The molecule has 2 heterocycles. The minimum absolute atomic E-state index is 0. The Bertz CT molecular complexity index is 560. The Labute approximate surface area is 137 Å². The number of aliphatic hydroxyl groups is 1. The number of nitrogens with one attached hydrogen (secondary N) is 1. The van der Waals surface area contributed by atoms with Crippen LogP contribution in [0.4, 0.5) is 11.4 Å². The molecule has 0 saturated carbocycles. The lowest BCUT2D eigenvalue weighted by Crippen LogP contribution is -2.49. The third-order valence-electron chi connectivity index (χ3n) is 4.44. The van der Waals surface area contributed by atoms with Crippen molar-refractivity contribution in [2.24, 2.45) is 0 Å². The molecule has 0 amide bonds. The molecule has 6 heteroatoms. The number of halogens is 1. The van der Waals surface area contributed by atoms with Gasteiger partial charge in [0.05, 0.1) is 17.4 Å². The number of aliphatic hydroxyl groups excluding tert-OH is 1. The third kappa shape index (κ3) is 3.30. The fourth-order valence-electron chi connectivity index (χ4n) is 3.25. The summed E-state index contributed by atoms with van der Waals surface area (Å²) in [4.78, 5) is 4.45. The molecule has 0 bridgehead atoms. The highest BCUT2D eigenvalue weighted by Crippen LogP contribution is 2.29. The predicted molar refractivity (Wildman–Crippen MR) is 90.9 cm³/mol. The number of nitrogens with zero attached hydrogens (tertiary/aromatic N) is 3. The zero-order valence-electron chi connectivity index (χ0n) is 12.8. The Morgan fingerprint density at radius 2 is 2.18 bits per heavy atom. The molecule has 2 fully saturated rings. The van der Waals surface area contributed by atoms with E-state index in [2.05, 4.69) is 34.2 Å². The van der Waals surface area contributed by atoms with Crippen molar-refractivity contribution >= 4 is 23.8 Å². The van der Waals surface area contributed by atoms with Crippen LogP contribution in [0.25, 0.3) is 0 Å². The van der Waals surface area contributed by atoms with Crippen LogP contribution in [0.5, 0.6) is 0 Å². The van der Waals surface area contributed by atoms with Gasteiger partial charge in [-0.25, -0.2) is 0 Å². The average Bonchev–Trinajstić information content (AvgIpc) is 2.93. The molecule has 2 saturated heterocycles. The second-order valence-corrected chi connectivity index (χ2v) is 5.95. The van der Waals surface area contributed by atoms with E-state index in [0.717, 1.165) is 44.0 Å². The average molecular weight is 323 g/mol. The molecule has 2 aliphatic heterocycles. The maximum Gasteiger partial charge on any atom is 0.101 e. The van der Waals surface area contributed by atoms with Crippen molar-refractivity contribution in [2.75, 3.05) is 42.5 Å². The number of nitriles is 1. The number of rotatable bonds is 2. The van der Waals surface area contributed by atoms with Crippen LogP contribution in [0.3, 0.4) is 0 Å². The van der Waals surface area contributed by atoms with E-state index in [0.29, 0.717) is 18.2 Å². The van der Waals surface area contributed by atoms with Crippen molar-refractivity contribution in [3.8, 4) is 6.07 Å². The molecule has 2 atom stereocenters. The molecule has 1 aromatic carbocycles. The van der Waals surface area contributed by atoms with Gasteiger partial charge in [-0.3, -0.25) is 0 Å². The van der Waals surface area contributed by atoms with Gasteiger partial charge < -0.3 is 20.2 Å². The largest absolute Gasteiger partial charge is 0.391 e. The van der Waals surface area contributed by atoms with E-state index in [1.54, 1.807) is 0 Å². The summed E-state index contributed by atoms with van der Waals surface area (Å²) in [6.07, 6.45) is 0.506. The van der Waals surface area contributed by atoms with Gasteiger partial charge in [0.25, 0.3) is 0 Å². The van der Waals surface area contributed by atoms with Gasteiger partial charge in [0.15, 0.2) is 0 Å². The lowest BCUT2D eigenvalue weighted by atomic mass is 10.1. The van der Waals surface area contributed by atoms with Gasteiger partial charge in [0.2, 0.25) is 0 Å². The van der Waals surface area contributed by atoms with E-state index in [4.69, 9.17) is 0 Å². The first-order valence-corrected chi connectivity index (χ1v) is 7.63. The van der Waals surface area contributed by atoms with Gasteiger partial charge in [-0.15, -0.1) is 12.4 Å². The molecule has 0 aliphatic carbocycles. The number of benzene rings is 1. The zero-order chi connectivity index (χ0) is 14.8. The van der Waals surface area contributed by atoms with Crippen LogP contribution in [0, 0.1) is 11.3 Å². The molecule has 0 spiro atoms. The Kier molecular flexibility index (Phi) is 5.52. The van der Waals surface area contributed by atoms with Crippen molar-refractivity contribution < 1.29 is 5.11 Å². The number of hydrogen-bond acceptors (Lipinski definition) is 5. The summed E-state index contributed by atoms with van der Waals surface area (Å²) in [6.45, 7) is 6.56. The van der Waals surface area contributed by atoms with E-state index in [1.807, 2.05) is 12.1 Å². The maximum atomic E-state index is 9.68. The molecule has 2 aliphatic rings. The van der Waals surface area contributed by atoms with Crippen LogP contribution >= 0.6 is 12.4 Å². The van der Waals surface area contributed by atoms with Gasteiger partial charge >= 0.3 is 0 Å². The fraction of sp³-hybridized carbons (Fsp3) is 0.562. The molecule has 1 aromatic rings. The molecule has 120 valence electrons. The monoisotopic (exact) mass is 322 g/mol. The molecule has 5 nitrogen and oxygen atoms in total. The highest BCUT2D eigenvalue weighted by molar-refractivity contribution is 5.85. The topological polar surface area (TPSA) is 62.5 Å². The highest BCUT2D eigenvalue weighted by Gasteiger charge is 2.24. The third-order valence-corrected chi connectivity index (χ3v) is 4.44. The minimum Gasteiger partial charge on any atom is -0.391 e. The van der Waals surface area contributed by atoms with E-state index >= 15 is 0 Å². The van der Waals surface area contributed by atoms with E-state index in [-0.39, 0.29) is 18.5 Å². The van der Waals surface area contributed by atoms with Gasteiger partial charge in [-0.1, -0.05) is 0 Å². The van der Waals surface area contributed by atoms with Crippen molar-refractivity contribution in [1.82, 2.24) is 5.32 Å². The quantitative estimate of drug-likeness (QED) is 0.860. The number of anilines is 2. The first kappa shape index (κ1) is 16.9. The molecule has 22 heavy (non-hydrogen) atoms. The molecule has 0 aromatic heterocycles. The minimum atomic E-state index is -0.274. The summed E-state index contributed by atoms with van der Waals surface area (Å²) in [5, 5.41) is 22.5. The van der Waals surface area contributed by atoms with E-state index in [1.165, 1.54) is 0 Å². The van der Waals surface area contributed by atoms with Crippen LogP contribution in [-0.2, 0) is 0 Å².